The maximum Gasteiger partial charge on any atom is 0.258 e. The monoisotopic (exact) mass is 477 g/mol. The number of aliphatic imine (C=N–C) groups is 2. The lowest BCUT2D eigenvalue weighted by Gasteiger charge is -2.30. The molecule has 0 fully saturated rings. The molecule has 8 nitrogen and oxygen atoms in total. The molecule has 2 aromatic rings. The lowest BCUT2D eigenvalue weighted by Crippen LogP contribution is -2.44. The van der Waals surface area contributed by atoms with Gasteiger partial charge in [-0.1, -0.05) is 50.2 Å². The highest BCUT2D eigenvalue weighted by Gasteiger charge is 2.47. The molecule has 2 aromatic carbocycles. The Labute approximate surface area is 189 Å². The summed E-state index contributed by atoms with van der Waals surface area (Å²) in [6.45, 7) is 3.62. The molecule has 0 aliphatic carbocycles. The topological polar surface area (TPSA) is 116 Å². The number of hydrogen-bond acceptors (Lipinski definition) is 7. The van der Waals surface area contributed by atoms with Crippen LogP contribution in [0.3, 0.4) is 0 Å². The first-order chi connectivity index (χ1) is 15.1. The number of nitrogens with zero attached hydrogens (tertiary/aromatic N) is 3. The third-order valence-electron chi connectivity index (χ3n) is 4.97. The van der Waals surface area contributed by atoms with E-state index in [0.29, 0.717) is 0 Å². The summed E-state index contributed by atoms with van der Waals surface area (Å²) in [5.74, 6) is -0.00905. The van der Waals surface area contributed by atoms with Gasteiger partial charge >= 0.3 is 0 Å². The molecule has 1 N–H and O–H groups in total. The summed E-state index contributed by atoms with van der Waals surface area (Å²) in [5, 5.41) is 10.9. The second kappa shape index (κ2) is 9.62. The number of rotatable bonds is 10. The van der Waals surface area contributed by atoms with Crippen LogP contribution in [0.15, 0.2) is 80.4 Å². The van der Waals surface area contributed by atoms with Crippen molar-refractivity contribution in [3.8, 4) is 0 Å². The Morgan fingerprint density at radius 3 is 1.84 bits per heavy atom. The minimum atomic E-state index is -4.07. The minimum absolute atomic E-state index is 0.00905. The minimum Gasteiger partial charge on any atom is -0.392 e. The number of benzene rings is 2. The van der Waals surface area contributed by atoms with Crippen LogP contribution < -0.4 is 0 Å². The van der Waals surface area contributed by atoms with Crippen molar-refractivity contribution in [2.24, 2.45) is 15.9 Å². The summed E-state index contributed by atoms with van der Waals surface area (Å²) in [5.41, 5.74) is 0. The van der Waals surface area contributed by atoms with E-state index in [1.54, 1.807) is 36.4 Å². The molecule has 172 valence electrons. The second-order valence-electron chi connectivity index (χ2n) is 8.00. The summed E-state index contributed by atoms with van der Waals surface area (Å²) in [4.78, 5) is 6.36. The van der Waals surface area contributed by atoms with Crippen LogP contribution in [0.5, 0.6) is 0 Å². The van der Waals surface area contributed by atoms with Gasteiger partial charge < -0.3 is 5.11 Å². The van der Waals surface area contributed by atoms with E-state index in [1.807, 2.05) is 13.8 Å². The van der Waals surface area contributed by atoms with E-state index >= 15 is 0 Å². The first-order valence-corrected chi connectivity index (χ1v) is 13.1. The van der Waals surface area contributed by atoms with Gasteiger partial charge in [-0.2, -0.15) is 4.31 Å². The van der Waals surface area contributed by atoms with Crippen molar-refractivity contribution in [2.45, 2.75) is 41.2 Å². The number of sulfonamides is 1. The van der Waals surface area contributed by atoms with Gasteiger partial charge in [-0.05, 0) is 30.2 Å². The molecule has 1 atom stereocenters. The zero-order chi connectivity index (χ0) is 23.4. The van der Waals surface area contributed by atoms with Crippen molar-refractivity contribution < 1.29 is 21.9 Å². The van der Waals surface area contributed by atoms with E-state index in [0.717, 1.165) is 0 Å². The van der Waals surface area contributed by atoms with Crippen molar-refractivity contribution in [1.29, 1.82) is 0 Å². The van der Waals surface area contributed by atoms with Gasteiger partial charge in [0.15, 0.2) is 0 Å². The fourth-order valence-electron chi connectivity index (χ4n) is 3.50. The standard InChI is InChI=1S/C22H27N3O5S2/c1-18(2)16-25(32(29,30)21-11-7-4-8-12-21)17-19(26)15-22(23-13-14-24-22)31(27,28)20-9-5-3-6-10-20/h3-14,18-19,26H,15-17H2,1-2H3. The highest BCUT2D eigenvalue weighted by Crippen LogP contribution is 2.35. The molecular formula is C22H27N3O5S2. The van der Waals surface area contributed by atoms with Crippen molar-refractivity contribution in [2.75, 3.05) is 13.1 Å². The second-order valence-corrected chi connectivity index (χ2v) is 12.1. The third kappa shape index (κ3) is 4.98. The van der Waals surface area contributed by atoms with Gasteiger partial charge in [0.05, 0.1) is 15.9 Å². The van der Waals surface area contributed by atoms with Gasteiger partial charge in [-0.25, -0.2) is 26.8 Å². The van der Waals surface area contributed by atoms with E-state index in [1.165, 1.54) is 41.0 Å². The average molecular weight is 478 g/mol. The maximum absolute atomic E-state index is 13.3. The van der Waals surface area contributed by atoms with E-state index in [2.05, 4.69) is 9.98 Å². The Bertz CT molecular complexity index is 1170. The fourth-order valence-corrected chi connectivity index (χ4v) is 6.87. The van der Waals surface area contributed by atoms with E-state index in [-0.39, 0.29) is 35.2 Å². The first-order valence-electron chi connectivity index (χ1n) is 10.2. The SMILES string of the molecule is CC(C)CN(CC(O)CC1(S(=O)(=O)c2ccccc2)N=CC=N1)S(=O)(=O)c1ccccc1. The Balaban J connectivity index is 1.89. The first kappa shape index (κ1) is 24.2. The van der Waals surface area contributed by atoms with Gasteiger partial charge in [-0.15, -0.1) is 0 Å². The van der Waals surface area contributed by atoms with Crippen LogP contribution >= 0.6 is 0 Å². The summed E-state index contributed by atoms with van der Waals surface area (Å²) < 4.78 is 54.1. The molecule has 0 spiro atoms. The normalized spacial score (nSPS) is 16.7. The summed E-state index contributed by atoms with van der Waals surface area (Å²) in [6, 6.07) is 15.7. The van der Waals surface area contributed by atoms with Crippen molar-refractivity contribution in [1.82, 2.24) is 4.31 Å². The number of aliphatic hydroxyl groups excluding tert-OH is 1. The van der Waals surface area contributed by atoms with E-state index in [4.69, 9.17) is 0 Å². The van der Waals surface area contributed by atoms with Gasteiger partial charge in [0, 0.05) is 31.9 Å². The van der Waals surface area contributed by atoms with Crippen molar-refractivity contribution >= 4 is 32.3 Å². The van der Waals surface area contributed by atoms with Crippen LogP contribution in [-0.2, 0) is 19.9 Å². The summed E-state index contributed by atoms with van der Waals surface area (Å²) in [6.07, 6.45) is 0.855. The molecule has 32 heavy (non-hydrogen) atoms. The van der Waals surface area contributed by atoms with Gasteiger partial charge in [0.2, 0.25) is 19.9 Å². The van der Waals surface area contributed by atoms with Crippen molar-refractivity contribution in [3.63, 3.8) is 0 Å². The molecule has 1 aliphatic rings. The molecule has 0 aromatic heterocycles. The van der Waals surface area contributed by atoms with Gasteiger partial charge in [-0.3, -0.25) is 0 Å². The molecular weight excluding hydrogens is 450 g/mol. The predicted octanol–water partition coefficient (Wildman–Crippen LogP) is 2.37. The lowest BCUT2D eigenvalue weighted by atomic mass is 10.2. The summed E-state index contributed by atoms with van der Waals surface area (Å²) >= 11 is 0. The Kier molecular flexibility index (Phi) is 7.29. The Morgan fingerprint density at radius 2 is 1.34 bits per heavy atom. The predicted molar refractivity (Wildman–Crippen MR) is 124 cm³/mol. The van der Waals surface area contributed by atoms with Crippen LogP contribution in [0.2, 0.25) is 0 Å². The highest BCUT2D eigenvalue weighted by atomic mass is 32.2. The molecule has 1 unspecified atom stereocenters. The molecule has 0 bridgehead atoms. The third-order valence-corrected chi connectivity index (χ3v) is 8.95. The quantitative estimate of drug-likeness (QED) is 0.564. The molecule has 0 saturated carbocycles. The average Bonchev–Trinajstić information content (AvgIpc) is 3.24. The van der Waals surface area contributed by atoms with Crippen LogP contribution in [0, 0.1) is 5.92 Å². The number of hydrogen-bond donors (Lipinski definition) is 1. The number of aliphatic hydroxyl groups is 1. The molecule has 10 heteroatoms. The zero-order valence-electron chi connectivity index (χ0n) is 17.9. The summed E-state index contributed by atoms with van der Waals surface area (Å²) in [7, 11) is -7.95. The van der Waals surface area contributed by atoms with Gasteiger partial charge in [0.25, 0.3) is 4.99 Å². The highest BCUT2D eigenvalue weighted by molar-refractivity contribution is 7.92. The van der Waals surface area contributed by atoms with Crippen LogP contribution in [0.1, 0.15) is 20.3 Å². The molecule has 1 heterocycles. The molecule has 3 rings (SSSR count). The smallest absolute Gasteiger partial charge is 0.258 e. The van der Waals surface area contributed by atoms with E-state index < -0.39 is 31.0 Å². The van der Waals surface area contributed by atoms with Crippen LogP contribution in [-0.4, -0.2) is 62.9 Å². The Morgan fingerprint density at radius 1 is 0.844 bits per heavy atom. The number of sulfone groups is 1. The van der Waals surface area contributed by atoms with Crippen LogP contribution in [0.4, 0.5) is 0 Å². The zero-order valence-corrected chi connectivity index (χ0v) is 19.6. The van der Waals surface area contributed by atoms with Crippen LogP contribution in [0.25, 0.3) is 0 Å². The fraction of sp³-hybridized carbons (Fsp3) is 0.364. The maximum atomic E-state index is 13.3. The van der Waals surface area contributed by atoms with E-state index in [9.17, 15) is 21.9 Å². The van der Waals surface area contributed by atoms with Gasteiger partial charge in [0.1, 0.15) is 0 Å². The molecule has 0 radical (unpaired) electrons. The van der Waals surface area contributed by atoms with Crippen molar-refractivity contribution in [3.05, 3.63) is 60.7 Å². The Hall–Kier alpha value is -2.40. The molecule has 0 saturated heterocycles. The largest absolute Gasteiger partial charge is 0.392 e. The lowest BCUT2D eigenvalue weighted by molar-refractivity contribution is 0.122. The molecule has 1 aliphatic heterocycles. The molecule has 0 amide bonds.